The minimum atomic E-state index is 0.589. The number of rotatable bonds is 3. The molecule has 0 aliphatic carbocycles. The van der Waals surface area contributed by atoms with Gasteiger partial charge in [0.15, 0.2) is 5.65 Å². The van der Waals surface area contributed by atoms with Gasteiger partial charge in [0.2, 0.25) is 5.88 Å². The van der Waals surface area contributed by atoms with Crippen LogP contribution in [0, 0.1) is 0 Å². The van der Waals surface area contributed by atoms with Crippen LogP contribution >= 0.6 is 0 Å². The van der Waals surface area contributed by atoms with Crippen molar-refractivity contribution in [3.8, 4) is 5.88 Å². The SMILES string of the molecule is CCOc1ccc2c(NC)ncnc2n1. The second kappa shape index (κ2) is 4.08. The summed E-state index contributed by atoms with van der Waals surface area (Å²) in [5.41, 5.74) is 0.639. The molecule has 0 saturated carbocycles. The Balaban J connectivity index is 2.53. The molecule has 5 heteroatoms. The maximum atomic E-state index is 5.30. The third kappa shape index (κ3) is 1.81. The highest BCUT2D eigenvalue weighted by molar-refractivity contribution is 5.86. The molecule has 0 aromatic carbocycles. The molecule has 0 unspecified atom stereocenters. The van der Waals surface area contributed by atoms with E-state index in [1.807, 2.05) is 26.1 Å². The molecule has 0 aliphatic rings. The summed E-state index contributed by atoms with van der Waals surface area (Å²) in [5.74, 6) is 1.36. The summed E-state index contributed by atoms with van der Waals surface area (Å²) in [6.07, 6.45) is 1.48. The lowest BCUT2D eigenvalue weighted by atomic mass is 10.3. The molecule has 2 aromatic heterocycles. The van der Waals surface area contributed by atoms with Crippen molar-refractivity contribution in [1.82, 2.24) is 15.0 Å². The zero-order valence-corrected chi connectivity index (χ0v) is 8.69. The lowest BCUT2D eigenvalue weighted by Crippen LogP contribution is -1.98. The number of hydrogen-bond acceptors (Lipinski definition) is 5. The zero-order chi connectivity index (χ0) is 10.7. The summed E-state index contributed by atoms with van der Waals surface area (Å²) in [6, 6.07) is 3.72. The van der Waals surface area contributed by atoms with E-state index in [9.17, 15) is 0 Å². The van der Waals surface area contributed by atoms with Crippen molar-refractivity contribution >= 4 is 16.9 Å². The predicted octanol–water partition coefficient (Wildman–Crippen LogP) is 1.47. The smallest absolute Gasteiger partial charge is 0.215 e. The first kappa shape index (κ1) is 9.64. The van der Waals surface area contributed by atoms with Crippen LogP contribution in [0.5, 0.6) is 5.88 Å². The lowest BCUT2D eigenvalue weighted by Gasteiger charge is -2.05. The Hall–Kier alpha value is -1.91. The van der Waals surface area contributed by atoms with Crippen LogP contribution in [0.4, 0.5) is 5.82 Å². The number of hydrogen-bond donors (Lipinski definition) is 1. The van der Waals surface area contributed by atoms with Crippen LogP contribution in [0.3, 0.4) is 0 Å². The van der Waals surface area contributed by atoms with Gasteiger partial charge in [-0.1, -0.05) is 0 Å². The molecular weight excluding hydrogens is 192 g/mol. The van der Waals surface area contributed by atoms with Crippen molar-refractivity contribution in [3.63, 3.8) is 0 Å². The molecule has 0 spiro atoms. The van der Waals surface area contributed by atoms with Crippen LogP contribution in [-0.4, -0.2) is 28.6 Å². The third-order valence-electron chi connectivity index (χ3n) is 2.00. The molecule has 0 bridgehead atoms. The zero-order valence-electron chi connectivity index (χ0n) is 8.69. The van der Waals surface area contributed by atoms with E-state index in [4.69, 9.17) is 4.74 Å². The summed E-state index contributed by atoms with van der Waals surface area (Å²) in [5, 5.41) is 3.88. The molecule has 0 aliphatic heterocycles. The molecule has 15 heavy (non-hydrogen) atoms. The predicted molar refractivity (Wildman–Crippen MR) is 58.0 cm³/mol. The van der Waals surface area contributed by atoms with Gasteiger partial charge in [-0.15, -0.1) is 0 Å². The van der Waals surface area contributed by atoms with E-state index < -0.39 is 0 Å². The summed E-state index contributed by atoms with van der Waals surface area (Å²) >= 11 is 0. The van der Waals surface area contributed by atoms with Gasteiger partial charge in [-0.05, 0) is 13.0 Å². The molecule has 0 amide bonds. The number of ether oxygens (including phenoxy) is 1. The Kier molecular flexibility index (Phi) is 2.62. The van der Waals surface area contributed by atoms with Crippen LogP contribution < -0.4 is 10.1 Å². The summed E-state index contributed by atoms with van der Waals surface area (Å²) in [4.78, 5) is 12.4. The molecule has 5 nitrogen and oxygen atoms in total. The largest absolute Gasteiger partial charge is 0.478 e. The standard InChI is InChI=1S/C10H12N4O/c1-3-15-8-5-4-7-9(11-2)12-6-13-10(7)14-8/h4-6H,3H2,1-2H3,(H,11,12,13,14). The Morgan fingerprint density at radius 3 is 2.93 bits per heavy atom. The van der Waals surface area contributed by atoms with Crippen molar-refractivity contribution in [3.05, 3.63) is 18.5 Å². The molecule has 0 fully saturated rings. The Labute approximate surface area is 87.5 Å². The fourth-order valence-electron chi connectivity index (χ4n) is 1.35. The summed E-state index contributed by atoms with van der Waals surface area (Å²) in [6.45, 7) is 2.52. The average Bonchev–Trinajstić information content (AvgIpc) is 2.28. The first-order valence-corrected chi connectivity index (χ1v) is 4.77. The van der Waals surface area contributed by atoms with Gasteiger partial charge in [0, 0.05) is 13.1 Å². The molecule has 2 heterocycles. The normalized spacial score (nSPS) is 10.3. The molecular formula is C10H12N4O. The van der Waals surface area contributed by atoms with E-state index >= 15 is 0 Å². The van der Waals surface area contributed by atoms with E-state index in [0.717, 1.165) is 11.2 Å². The number of fused-ring (bicyclic) bond motifs is 1. The highest BCUT2D eigenvalue weighted by Crippen LogP contribution is 2.19. The molecule has 78 valence electrons. The third-order valence-corrected chi connectivity index (χ3v) is 2.00. The Morgan fingerprint density at radius 1 is 1.33 bits per heavy atom. The summed E-state index contributed by atoms with van der Waals surface area (Å²) < 4.78 is 5.30. The van der Waals surface area contributed by atoms with Crippen molar-refractivity contribution in [2.24, 2.45) is 0 Å². The van der Waals surface area contributed by atoms with Crippen LogP contribution in [0.15, 0.2) is 18.5 Å². The van der Waals surface area contributed by atoms with Gasteiger partial charge in [0.05, 0.1) is 12.0 Å². The highest BCUT2D eigenvalue weighted by Gasteiger charge is 2.04. The van der Waals surface area contributed by atoms with Crippen molar-refractivity contribution in [1.29, 1.82) is 0 Å². The van der Waals surface area contributed by atoms with Crippen LogP contribution in [0.1, 0.15) is 6.92 Å². The summed E-state index contributed by atoms with van der Waals surface area (Å²) in [7, 11) is 1.82. The van der Waals surface area contributed by atoms with E-state index in [1.165, 1.54) is 6.33 Å². The maximum absolute atomic E-state index is 5.30. The van der Waals surface area contributed by atoms with E-state index in [2.05, 4.69) is 20.3 Å². The minimum Gasteiger partial charge on any atom is -0.478 e. The van der Waals surface area contributed by atoms with Gasteiger partial charge in [-0.25, -0.2) is 9.97 Å². The maximum Gasteiger partial charge on any atom is 0.215 e. The van der Waals surface area contributed by atoms with Crippen LogP contribution in [0.25, 0.3) is 11.0 Å². The fourth-order valence-corrected chi connectivity index (χ4v) is 1.35. The first-order valence-electron chi connectivity index (χ1n) is 4.77. The van der Waals surface area contributed by atoms with Gasteiger partial charge in [-0.2, -0.15) is 4.98 Å². The molecule has 0 saturated heterocycles. The minimum absolute atomic E-state index is 0.589. The van der Waals surface area contributed by atoms with Crippen molar-refractivity contribution < 1.29 is 4.74 Å². The lowest BCUT2D eigenvalue weighted by molar-refractivity contribution is 0.328. The number of nitrogens with zero attached hydrogens (tertiary/aromatic N) is 3. The topological polar surface area (TPSA) is 59.9 Å². The van der Waals surface area contributed by atoms with Crippen molar-refractivity contribution in [2.45, 2.75) is 6.92 Å². The van der Waals surface area contributed by atoms with Gasteiger partial charge in [-0.3, -0.25) is 0 Å². The van der Waals surface area contributed by atoms with Crippen LogP contribution in [-0.2, 0) is 0 Å². The number of aromatic nitrogens is 3. The van der Waals surface area contributed by atoms with E-state index in [-0.39, 0.29) is 0 Å². The Morgan fingerprint density at radius 2 is 2.20 bits per heavy atom. The van der Waals surface area contributed by atoms with Gasteiger partial charge >= 0.3 is 0 Å². The molecule has 0 atom stereocenters. The highest BCUT2D eigenvalue weighted by atomic mass is 16.5. The van der Waals surface area contributed by atoms with Crippen LogP contribution in [0.2, 0.25) is 0 Å². The van der Waals surface area contributed by atoms with Crippen molar-refractivity contribution in [2.75, 3.05) is 19.0 Å². The second-order valence-corrected chi connectivity index (χ2v) is 2.93. The second-order valence-electron chi connectivity index (χ2n) is 2.93. The molecule has 1 N–H and O–H groups in total. The van der Waals surface area contributed by atoms with E-state index in [0.29, 0.717) is 18.1 Å². The molecule has 2 rings (SSSR count). The average molecular weight is 204 g/mol. The number of pyridine rings is 1. The fraction of sp³-hybridized carbons (Fsp3) is 0.300. The van der Waals surface area contributed by atoms with Gasteiger partial charge in [0.1, 0.15) is 12.1 Å². The van der Waals surface area contributed by atoms with Gasteiger partial charge < -0.3 is 10.1 Å². The first-order chi connectivity index (χ1) is 7.35. The number of nitrogens with one attached hydrogen (secondary N) is 1. The number of anilines is 1. The molecule has 2 aromatic rings. The van der Waals surface area contributed by atoms with Gasteiger partial charge in [0.25, 0.3) is 0 Å². The van der Waals surface area contributed by atoms with E-state index in [1.54, 1.807) is 0 Å². The molecule has 0 radical (unpaired) electrons. The quantitative estimate of drug-likeness (QED) is 0.820. The monoisotopic (exact) mass is 204 g/mol. The Bertz CT molecular complexity index is 472.